The molecule has 2 N–H and O–H groups in total. The van der Waals surface area contributed by atoms with Crippen LogP contribution >= 0.6 is 0 Å². The summed E-state index contributed by atoms with van der Waals surface area (Å²) in [6.45, 7) is 4.34. The molecule has 0 atom stereocenters. The van der Waals surface area contributed by atoms with Crippen LogP contribution in [0.15, 0.2) is 17.3 Å². The van der Waals surface area contributed by atoms with Gasteiger partial charge in [0.1, 0.15) is 5.82 Å². The molecule has 0 amide bonds. The summed E-state index contributed by atoms with van der Waals surface area (Å²) >= 11 is 0. The van der Waals surface area contributed by atoms with Crippen molar-refractivity contribution < 1.29 is 8.42 Å². The zero-order chi connectivity index (χ0) is 14.2. The van der Waals surface area contributed by atoms with Crippen LogP contribution in [0, 0.1) is 6.92 Å². The SMILES string of the molecule is CCc1nc(S(N)(=O)=O)cn1Cc1cc(C)nn1C. The molecule has 2 heterocycles. The van der Waals surface area contributed by atoms with Gasteiger partial charge in [0.15, 0.2) is 5.03 Å². The van der Waals surface area contributed by atoms with E-state index in [9.17, 15) is 8.42 Å². The molecule has 0 saturated heterocycles. The largest absolute Gasteiger partial charge is 0.328 e. The Balaban J connectivity index is 2.40. The van der Waals surface area contributed by atoms with Gasteiger partial charge in [0.25, 0.3) is 10.0 Å². The molecular formula is C11H17N5O2S. The summed E-state index contributed by atoms with van der Waals surface area (Å²) in [7, 11) is -1.91. The Kier molecular flexibility index (Phi) is 3.46. The van der Waals surface area contributed by atoms with Crippen molar-refractivity contribution in [2.75, 3.05) is 0 Å². The molecule has 0 aromatic carbocycles. The first-order chi connectivity index (χ1) is 8.81. The van der Waals surface area contributed by atoms with Gasteiger partial charge in [-0.15, -0.1) is 0 Å². The van der Waals surface area contributed by atoms with Crippen LogP contribution in [0.4, 0.5) is 0 Å². The molecule has 19 heavy (non-hydrogen) atoms. The van der Waals surface area contributed by atoms with E-state index in [2.05, 4.69) is 10.1 Å². The monoisotopic (exact) mass is 283 g/mol. The number of nitrogens with zero attached hydrogens (tertiary/aromatic N) is 4. The molecule has 104 valence electrons. The number of hydrogen-bond acceptors (Lipinski definition) is 4. The second-order valence-electron chi connectivity index (χ2n) is 4.42. The molecule has 2 aromatic heterocycles. The Bertz CT molecular complexity index is 699. The quantitative estimate of drug-likeness (QED) is 0.866. The Hall–Kier alpha value is -1.67. The number of nitrogens with two attached hydrogens (primary N) is 1. The average molecular weight is 283 g/mol. The van der Waals surface area contributed by atoms with Crippen LogP contribution in [-0.4, -0.2) is 27.7 Å². The number of primary sulfonamides is 1. The molecule has 0 bridgehead atoms. The minimum Gasteiger partial charge on any atom is -0.328 e. The number of imidazole rings is 1. The molecule has 7 nitrogen and oxygen atoms in total. The Morgan fingerprint density at radius 1 is 1.42 bits per heavy atom. The van der Waals surface area contributed by atoms with E-state index in [4.69, 9.17) is 5.14 Å². The molecule has 0 aliphatic heterocycles. The third-order valence-electron chi connectivity index (χ3n) is 2.88. The van der Waals surface area contributed by atoms with Crippen molar-refractivity contribution >= 4 is 10.0 Å². The third-order valence-corrected chi connectivity index (χ3v) is 3.66. The first-order valence-electron chi connectivity index (χ1n) is 5.89. The van der Waals surface area contributed by atoms with Gasteiger partial charge < -0.3 is 4.57 Å². The number of aromatic nitrogens is 4. The van der Waals surface area contributed by atoms with Gasteiger partial charge in [-0.25, -0.2) is 18.5 Å². The summed E-state index contributed by atoms with van der Waals surface area (Å²) in [6, 6.07) is 1.95. The van der Waals surface area contributed by atoms with Crippen LogP contribution in [0.2, 0.25) is 0 Å². The number of aryl methyl sites for hydroxylation is 3. The minimum atomic E-state index is -3.77. The van der Waals surface area contributed by atoms with Gasteiger partial charge in [0.2, 0.25) is 0 Å². The van der Waals surface area contributed by atoms with Gasteiger partial charge in [-0.2, -0.15) is 5.10 Å². The summed E-state index contributed by atoms with van der Waals surface area (Å²) < 4.78 is 26.2. The van der Waals surface area contributed by atoms with Crippen LogP contribution in [0.1, 0.15) is 24.1 Å². The van der Waals surface area contributed by atoms with E-state index in [1.807, 2.05) is 27.0 Å². The van der Waals surface area contributed by atoms with Gasteiger partial charge >= 0.3 is 0 Å². The molecule has 2 rings (SSSR count). The minimum absolute atomic E-state index is 0.0942. The first-order valence-corrected chi connectivity index (χ1v) is 7.44. The van der Waals surface area contributed by atoms with E-state index in [-0.39, 0.29) is 5.03 Å². The number of sulfonamides is 1. The average Bonchev–Trinajstić information content (AvgIpc) is 2.83. The molecule has 0 spiro atoms. The zero-order valence-corrected chi connectivity index (χ0v) is 12.0. The molecule has 0 saturated carbocycles. The van der Waals surface area contributed by atoms with Crippen LogP contribution in [0.3, 0.4) is 0 Å². The summed E-state index contributed by atoms with van der Waals surface area (Å²) in [5.41, 5.74) is 1.90. The number of rotatable bonds is 4. The highest BCUT2D eigenvalue weighted by Gasteiger charge is 2.16. The predicted octanol–water partition coefficient (Wildman–Crippen LogP) is 0.183. The Morgan fingerprint density at radius 2 is 2.11 bits per heavy atom. The topological polar surface area (TPSA) is 95.8 Å². The molecule has 0 radical (unpaired) electrons. The fourth-order valence-corrected chi connectivity index (χ4v) is 2.48. The lowest BCUT2D eigenvalue weighted by Crippen LogP contribution is -2.12. The van der Waals surface area contributed by atoms with E-state index >= 15 is 0 Å². The second kappa shape index (κ2) is 4.78. The molecule has 0 aliphatic carbocycles. The highest BCUT2D eigenvalue weighted by molar-refractivity contribution is 7.89. The fraction of sp³-hybridized carbons (Fsp3) is 0.455. The standard InChI is InChI=1S/C11H17N5O2S/c1-4-10-13-11(19(12,17)18)7-16(10)6-9-5-8(2)14-15(9)3/h5,7H,4,6H2,1-3H3,(H2,12,17,18). The van der Waals surface area contributed by atoms with Crippen molar-refractivity contribution in [3.05, 3.63) is 29.5 Å². The van der Waals surface area contributed by atoms with Crippen LogP contribution in [0.25, 0.3) is 0 Å². The number of hydrogen-bond donors (Lipinski definition) is 1. The van der Waals surface area contributed by atoms with Gasteiger partial charge in [-0.3, -0.25) is 4.68 Å². The molecular weight excluding hydrogens is 266 g/mol. The first kappa shape index (κ1) is 13.8. The molecule has 0 aliphatic rings. The molecule has 8 heteroatoms. The molecule has 0 fully saturated rings. The van der Waals surface area contributed by atoms with E-state index < -0.39 is 10.0 Å². The smallest absolute Gasteiger partial charge is 0.257 e. The van der Waals surface area contributed by atoms with Crippen molar-refractivity contribution in [3.8, 4) is 0 Å². The van der Waals surface area contributed by atoms with Crippen molar-refractivity contribution in [2.45, 2.75) is 31.8 Å². The van der Waals surface area contributed by atoms with Crippen LogP contribution < -0.4 is 5.14 Å². The van der Waals surface area contributed by atoms with Crippen LogP contribution in [-0.2, 0) is 30.0 Å². The predicted molar refractivity (Wildman–Crippen MR) is 70.0 cm³/mol. The lowest BCUT2D eigenvalue weighted by atomic mass is 10.3. The Labute approximate surface area is 112 Å². The highest BCUT2D eigenvalue weighted by atomic mass is 32.2. The normalized spacial score (nSPS) is 12.0. The van der Waals surface area contributed by atoms with E-state index in [1.54, 1.807) is 9.25 Å². The van der Waals surface area contributed by atoms with Crippen LogP contribution in [0.5, 0.6) is 0 Å². The summed E-state index contributed by atoms with van der Waals surface area (Å²) in [5, 5.41) is 9.26. The third kappa shape index (κ3) is 2.85. The lowest BCUT2D eigenvalue weighted by molar-refractivity contribution is 0.594. The fourth-order valence-electron chi connectivity index (χ4n) is 1.97. The lowest BCUT2D eigenvalue weighted by Gasteiger charge is -2.06. The summed E-state index contributed by atoms with van der Waals surface area (Å²) in [4.78, 5) is 4.05. The van der Waals surface area contributed by atoms with E-state index in [0.717, 1.165) is 11.4 Å². The van der Waals surface area contributed by atoms with E-state index in [0.29, 0.717) is 18.8 Å². The van der Waals surface area contributed by atoms with Gasteiger partial charge in [-0.05, 0) is 13.0 Å². The van der Waals surface area contributed by atoms with Crippen molar-refractivity contribution in [1.82, 2.24) is 19.3 Å². The summed E-state index contributed by atoms with van der Waals surface area (Å²) in [5.74, 6) is 0.683. The van der Waals surface area contributed by atoms with Gasteiger partial charge in [-0.1, -0.05) is 6.92 Å². The summed E-state index contributed by atoms with van der Waals surface area (Å²) in [6.07, 6.45) is 2.10. The van der Waals surface area contributed by atoms with Gasteiger partial charge in [0, 0.05) is 19.7 Å². The maximum Gasteiger partial charge on any atom is 0.257 e. The van der Waals surface area contributed by atoms with Crippen molar-refractivity contribution in [2.24, 2.45) is 12.2 Å². The Morgan fingerprint density at radius 3 is 2.58 bits per heavy atom. The van der Waals surface area contributed by atoms with Crippen molar-refractivity contribution in [3.63, 3.8) is 0 Å². The second-order valence-corrected chi connectivity index (χ2v) is 5.93. The molecule has 0 unspecified atom stereocenters. The van der Waals surface area contributed by atoms with Crippen molar-refractivity contribution in [1.29, 1.82) is 0 Å². The maximum atomic E-state index is 11.3. The van der Waals surface area contributed by atoms with E-state index in [1.165, 1.54) is 6.20 Å². The highest BCUT2D eigenvalue weighted by Crippen LogP contribution is 2.12. The molecule has 2 aromatic rings. The zero-order valence-electron chi connectivity index (χ0n) is 11.2. The van der Waals surface area contributed by atoms with Gasteiger partial charge in [0.05, 0.1) is 17.9 Å². The maximum absolute atomic E-state index is 11.3.